The molecule has 0 aliphatic heterocycles. The van der Waals surface area contributed by atoms with Crippen LogP contribution < -0.4 is 5.73 Å². The first-order valence-electron chi connectivity index (χ1n) is 6.23. The maximum absolute atomic E-state index is 6.28. The fourth-order valence-corrected chi connectivity index (χ4v) is 4.33. The minimum absolute atomic E-state index is 0.185. The fourth-order valence-electron chi connectivity index (χ4n) is 2.55. The standard InChI is InChI=1S/C13H20BrNOS/c1-3-16-10-4-9(5-10)6-12(15)11-7-13(14)17-8(11)2/h7,9-10,12H,3-6,15H2,1-2H3. The van der Waals surface area contributed by atoms with Gasteiger partial charge in [-0.05, 0) is 66.6 Å². The molecule has 4 heteroatoms. The number of nitrogens with two attached hydrogens (primary N) is 1. The van der Waals surface area contributed by atoms with Crippen LogP contribution in [0.4, 0.5) is 0 Å². The van der Waals surface area contributed by atoms with E-state index in [1.807, 2.05) is 0 Å². The molecule has 1 fully saturated rings. The van der Waals surface area contributed by atoms with E-state index in [-0.39, 0.29) is 6.04 Å². The van der Waals surface area contributed by atoms with Crippen molar-refractivity contribution in [1.29, 1.82) is 0 Å². The summed E-state index contributed by atoms with van der Waals surface area (Å²) in [5.41, 5.74) is 7.59. The van der Waals surface area contributed by atoms with E-state index in [9.17, 15) is 0 Å². The lowest BCUT2D eigenvalue weighted by molar-refractivity contribution is -0.0282. The van der Waals surface area contributed by atoms with E-state index in [0.29, 0.717) is 6.10 Å². The van der Waals surface area contributed by atoms with Crippen molar-refractivity contribution in [3.63, 3.8) is 0 Å². The largest absolute Gasteiger partial charge is 0.378 e. The number of hydrogen-bond donors (Lipinski definition) is 1. The number of hydrogen-bond acceptors (Lipinski definition) is 3. The maximum Gasteiger partial charge on any atom is 0.0704 e. The number of aryl methyl sites for hydroxylation is 1. The van der Waals surface area contributed by atoms with Crippen LogP contribution in [0.5, 0.6) is 0 Å². The van der Waals surface area contributed by atoms with Crippen LogP contribution in [0.2, 0.25) is 0 Å². The zero-order chi connectivity index (χ0) is 12.4. The summed E-state index contributed by atoms with van der Waals surface area (Å²) in [6, 6.07) is 2.36. The van der Waals surface area contributed by atoms with Gasteiger partial charge in [0, 0.05) is 17.5 Å². The maximum atomic E-state index is 6.28. The van der Waals surface area contributed by atoms with E-state index in [4.69, 9.17) is 10.5 Å². The van der Waals surface area contributed by atoms with Crippen LogP contribution in [0, 0.1) is 12.8 Å². The lowest BCUT2D eigenvalue weighted by atomic mass is 9.77. The molecule has 17 heavy (non-hydrogen) atoms. The summed E-state index contributed by atoms with van der Waals surface area (Å²) < 4.78 is 6.76. The highest BCUT2D eigenvalue weighted by atomic mass is 79.9. The zero-order valence-corrected chi connectivity index (χ0v) is 12.8. The third-order valence-electron chi connectivity index (χ3n) is 3.51. The van der Waals surface area contributed by atoms with Gasteiger partial charge in [-0.1, -0.05) is 0 Å². The Morgan fingerprint density at radius 3 is 2.82 bits per heavy atom. The molecule has 1 aliphatic carbocycles. The Labute approximate surface area is 116 Å². The van der Waals surface area contributed by atoms with Gasteiger partial charge in [-0.2, -0.15) is 0 Å². The van der Waals surface area contributed by atoms with Crippen LogP contribution in [0.3, 0.4) is 0 Å². The summed E-state index contributed by atoms with van der Waals surface area (Å²) in [6.45, 7) is 5.04. The second-order valence-electron chi connectivity index (χ2n) is 4.82. The lowest BCUT2D eigenvalue weighted by Gasteiger charge is -2.36. The Bertz CT molecular complexity index is 373. The predicted molar refractivity (Wildman–Crippen MR) is 76.4 cm³/mol. The molecule has 1 heterocycles. The Morgan fingerprint density at radius 2 is 2.29 bits per heavy atom. The molecule has 1 atom stereocenters. The van der Waals surface area contributed by atoms with Crippen LogP contribution >= 0.6 is 27.3 Å². The Hall–Kier alpha value is 0.1000. The summed E-state index contributed by atoms with van der Waals surface area (Å²) in [7, 11) is 0. The van der Waals surface area contributed by atoms with Crippen molar-refractivity contribution in [2.75, 3.05) is 6.61 Å². The average Bonchev–Trinajstić information content (AvgIpc) is 2.54. The molecule has 1 unspecified atom stereocenters. The first-order valence-corrected chi connectivity index (χ1v) is 7.84. The summed E-state index contributed by atoms with van der Waals surface area (Å²) in [5, 5.41) is 0. The van der Waals surface area contributed by atoms with Gasteiger partial charge >= 0.3 is 0 Å². The van der Waals surface area contributed by atoms with Gasteiger partial charge in [0.1, 0.15) is 0 Å². The van der Waals surface area contributed by atoms with Gasteiger partial charge in [0.2, 0.25) is 0 Å². The predicted octanol–water partition coefficient (Wildman–Crippen LogP) is 4.02. The van der Waals surface area contributed by atoms with E-state index in [1.165, 1.54) is 27.1 Å². The number of rotatable bonds is 5. The topological polar surface area (TPSA) is 35.2 Å². The Balaban J connectivity index is 1.82. The van der Waals surface area contributed by atoms with Gasteiger partial charge in [0.05, 0.1) is 9.89 Å². The SMILES string of the molecule is CCOC1CC(CC(N)c2cc(Br)sc2C)C1. The highest BCUT2D eigenvalue weighted by Crippen LogP contribution is 2.38. The molecule has 1 aliphatic rings. The Kier molecular flexibility index (Phi) is 4.64. The first-order chi connectivity index (χ1) is 8.10. The summed E-state index contributed by atoms with van der Waals surface area (Å²) in [5.74, 6) is 0.750. The molecular weight excluding hydrogens is 298 g/mol. The van der Waals surface area contributed by atoms with Crippen molar-refractivity contribution in [2.45, 2.75) is 45.3 Å². The zero-order valence-electron chi connectivity index (χ0n) is 10.4. The average molecular weight is 318 g/mol. The van der Waals surface area contributed by atoms with Crippen molar-refractivity contribution in [3.05, 3.63) is 20.3 Å². The third-order valence-corrected chi connectivity index (χ3v) is 5.08. The number of halogens is 1. The molecule has 2 rings (SSSR count). The monoisotopic (exact) mass is 317 g/mol. The fraction of sp³-hybridized carbons (Fsp3) is 0.692. The van der Waals surface area contributed by atoms with Crippen molar-refractivity contribution >= 4 is 27.3 Å². The van der Waals surface area contributed by atoms with Crippen LogP contribution in [0.15, 0.2) is 9.85 Å². The van der Waals surface area contributed by atoms with Crippen LogP contribution in [-0.4, -0.2) is 12.7 Å². The molecule has 2 N–H and O–H groups in total. The molecule has 1 aromatic heterocycles. The lowest BCUT2D eigenvalue weighted by Crippen LogP contribution is -2.33. The summed E-state index contributed by atoms with van der Waals surface area (Å²) >= 11 is 5.29. The minimum atomic E-state index is 0.185. The van der Waals surface area contributed by atoms with E-state index in [0.717, 1.165) is 18.9 Å². The molecule has 1 aromatic rings. The van der Waals surface area contributed by atoms with Gasteiger partial charge < -0.3 is 10.5 Å². The molecule has 0 amide bonds. The highest BCUT2D eigenvalue weighted by Gasteiger charge is 2.31. The van der Waals surface area contributed by atoms with Crippen LogP contribution in [-0.2, 0) is 4.74 Å². The summed E-state index contributed by atoms with van der Waals surface area (Å²) in [6.07, 6.45) is 3.96. The summed E-state index contributed by atoms with van der Waals surface area (Å²) in [4.78, 5) is 1.34. The van der Waals surface area contributed by atoms with Crippen molar-refractivity contribution < 1.29 is 4.74 Å². The number of ether oxygens (including phenoxy) is 1. The van der Waals surface area contributed by atoms with E-state index in [1.54, 1.807) is 11.3 Å². The molecule has 0 spiro atoms. The Morgan fingerprint density at radius 1 is 1.59 bits per heavy atom. The molecule has 0 bridgehead atoms. The first kappa shape index (κ1) is 13.5. The van der Waals surface area contributed by atoms with Crippen LogP contribution in [0.25, 0.3) is 0 Å². The smallest absolute Gasteiger partial charge is 0.0704 e. The van der Waals surface area contributed by atoms with Gasteiger partial charge in [0.25, 0.3) is 0 Å². The van der Waals surface area contributed by atoms with Gasteiger partial charge in [-0.25, -0.2) is 0 Å². The van der Waals surface area contributed by atoms with Crippen molar-refractivity contribution in [2.24, 2.45) is 11.7 Å². The molecular formula is C13H20BrNOS. The van der Waals surface area contributed by atoms with E-state index < -0.39 is 0 Å². The molecule has 2 nitrogen and oxygen atoms in total. The third kappa shape index (κ3) is 3.31. The molecule has 1 saturated carbocycles. The minimum Gasteiger partial charge on any atom is -0.378 e. The second kappa shape index (κ2) is 5.83. The normalized spacial score (nSPS) is 25.6. The van der Waals surface area contributed by atoms with Gasteiger partial charge in [0.15, 0.2) is 0 Å². The van der Waals surface area contributed by atoms with Gasteiger partial charge in [-0.15, -0.1) is 11.3 Å². The highest BCUT2D eigenvalue weighted by molar-refractivity contribution is 9.11. The molecule has 0 aromatic carbocycles. The van der Waals surface area contributed by atoms with E-state index in [2.05, 4.69) is 35.8 Å². The quantitative estimate of drug-likeness (QED) is 0.890. The van der Waals surface area contributed by atoms with Crippen molar-refractivity contribution in [1.82, 2.24) is 0 Å². The van der Waals surface area contributed by atoms with Crippen LogP contribution in [0.1, 0.15) is 42.7 Å². The van der Waals surface area contributed by atoms with Crippen molar-refractivity contribution in [3.8, 4) is 0 Å². The molecule has 96 valence electrons. The molecule has 0 saturated heterocycles. The second-order valence-corrected chi connectivity index (χ2v) is 7.45. The van der Waals surface area contributed by atoms with E-state index >= 15 is 0 Å². The molecule has 0 radical (unpaired) electrons. The number of thiophene rings is 1. The van der Waals surface area contributed by atoms with Gasteiger partial charge in [-0.3, -0.25) is 0 Å².